The summed E-state index contributed by atoms with van der Waals surface area (Å²) >= 11 is 0. The number of nitriles is 1. The zero-order chi connectivity index (χ0) is 15.2. The molecule has 0 bridgehead atoms. The van der Waals surface area contributed by atoms with Crippen LogP contribution in [0.2, 0.25) is 0 Å². The number of piperazine rings is 1. The predicted molar refractivity (Wildman–Crippen MR) is 76.4 cm³/mol. The van der Waals surface area contributed by atoms with Crippen molar-refractivity contribution in [3.63, 3.8) is 0 Å². The first-order chi connectivity index (χ1) is 10.1. The van der Waals surface area contributed by atoms with Crippen LogP contribution in [0.1, 0.15) is 12.0 Å². The smallest absolute Gasteiger partial charge is 0.306 e. The molecule has 0 amide bonds. The van der Waals surface area contributed by atoms with Crippen molar-refractivity contribution in [3.05, 3.63) is 29.6 Å². The highest BCUT2D eigenvalue weighted by Crippen LogP contribution is 2.20. The number of esters is 1. The molecule has 1 aromatic carbocycles. The number of halogens is 1. The van der Waals surface area contributed by atoms with Crippen molar-refractivity contribution in [2.75, 3.05) is 44.7 Å². The maximum Gasteiger partial charge on any atom is 0.306 e. The Morgan fingerprint density at radius 3 is 2.67 bits per heavy atom. The number of ether oxygens (including phenoxy) is 1. The number of benzene rings is 1. The Morgan fingerprint density at radius 1 is 1.38 bits per heavy atom. The van der Waals surface area contributed by atoms with Crippen LogP contribution < -0.4 is 4.90 Å². The average molecular weight is 291 g/mol. The van der Waals surface area contributed by atoms with Gasteiger partial charge in [-0.1, -0.05) is 0 Å². The molecule has 0 aliphatic carbocycles. The van der Waals surface area contributed by atoms with Crippen molar-refractivity contribution in [2.24, 2.45) is 0 Å². The molecule has 21 heavy (non-hydrogen) atoms. The Balaban J connectivity index is 1.88. The van der Waals surface area contributed by atoms with E-state index >= 15 is 0 Å². The van der Waals surface area contributed by atoms with Gasteiger partial charge >= 0.3 is 5.97 Å². The standard InChI is InChI=1S/C15H18FN3O2/c1-21-15(20)4-5-18-6-8-19(9-7-18)13-3-2-12(11-17)14(16)10-13/h2-3,10H,4-9H2,1H3. The van der Waals surface area contributed by atoms with Crippen LogP contribution in [0.5, 0.6) is 0 Å². The second-order valence-corrected chi connectivity index (χ2v) is 4.93. The lowest BCUT2D eigenvalue weighted by Crippen LogP contribution is -2.47. The van der Waals surface area contributed by atoms with Gasteiger partial charge in [0.2, 0.25) is 0 Å². The predicted octanol–water partition coefficient (Wildman–Crippen LogP) is 1.38. The molecular weight excluding hydrogens is 273 g/mol. The van der Waals surface area contributed by atoms with Gasteiger partial charge in [0.05, 0.1) is 19.1 Å². The third-order valence-corrected chi connectivity index (χ3v) is 3.67. The molecule has 6 heteroatoms. The van der Waals surface area contributed by atoms with Crippen LogP contribution >= 0.6 is 0 Å². The molecule has 1 aliphatic heterocycles. The van der Waals surface area contributed by atoms with Gasteiger partial charge in [0, 0.05) is 38.4 Å². The van der Waals surface area contributed by atoms with E-state index in [1.165, 1.54) is 19.2 Å². The van der Waals surface area contributed by atoms with Crippen molar-refractivity contribution in [3.8, 4) is 6.07 Å². The zero-order valence-corrected chi connectivity index (χ0v) is 12.0. The number of carbonyl (C=O) groups is 1. The molecule has 1 heterocycles. The molecular formula is C15H18FN3O2. The van der Waals surface area contributed by atoms with E-state index in [4.69, 9.17) is 5.26 Å². The van der Waals surface area contributed by atoms with E-state index in [0.717, 1.165) is 31.9 Å². The number of hydrogen-bond donors (Lipinski definition) is 0. The van der Waals surface area contributed by atoms with Gasteiger partial charge in [0.1, 0.15) is 11.9 Å². The van der Waals surface area contributed by atoms with Crippen LogP contribution in [0, 0.1) is 17.1 Å². The van der Waals surface area contributed by atoms with Crippen molar-refractivity contribution in [2.45, 2.75) is 6.42 Å². The Kier molecular flexibility index (Phi) is 5.12. The number of methoxy groups -OCH3 is 1. The topological polar surface area (TPSA) is 56.6 Å². The molecule has 0 N–H and O–H groups in total. The van der Waals surface area contributed by atoms with Crippen molar-refractivity contribution < 1.29 is 13.9 Å². The largest absolute Gasteiger partial charge is 0.469 e. The van der Waals surface area contributed by atoms with Crippen LogP contribution in [0.3, 0.4) is 0 Å². The third-order valence-electron chi connectivity index (χ3n) is 3.67. The van der Waals surface area contributed by atoms with Gasteiger partial charge in [0.25, 0.3) is 0 Å². The molecule has 1 saturated heterocycles. The Morgan fingerprint density at radius 2 is 2.10 bits per heavy atom. The van der Waals surface area contributed by atoms with Crippen LogP contribution in [0.25, 0.3) is 0 Å². The summed E-state index contributed by atoms with van der Waals surface area (Å²) in [7, 11) is 1.39. The molecule has 0 aromatic heterocycles. The average Bonchev–Trinajstić information content (AvgIpc) is 2.53. The van der Waals surface area contributed by atoms with Crippen molar-refractivity contribution >= 4 is 11.7 Å². The molecule has 0 saturated carbocycles. The summed E-state index contributed by atoms with van der Waals surface area (Å²) in [5.41, 5.74) is 0.856. The van der Waals surface area contributed by atoms with E-state index in [2.05, 4.69) is 14.5 Å². The lowest BCUT2D eigenvalue weighted by atomic mass is 10.2. The molecule has 0 radical (unpaired) electrons. The highest BCUT2D eigenvalue weighted by atomic mass is 19.1. The van der Waals surface area contributed by atoms with E-state index in [-0.39, 0.29) is 11.5 Å². The molecule has 5 nitrogen and oxygen atoms in total. The number of rotatable bonds is 4. The first kappa shape index (κ1) is 15.3. The minimum atomic E-state index is -0.483. The normalized spacial score (nSPS) is 15.6. The number of hydrogen-bond acceptors (Lipinski definition) is 5. The lowest BCUT2D eigenvalue weighted by Gasteiger charge is -2.36. The highest BCUT2D eigenvalue weighted by Gasteiger charge is 2.18. The second kappa shape index (κ2) is 7.04. The monoisotopic (exact) mass is 291 g/mol. The lowest BCUT2D eigenvalue weighted by molar-refractivity contribution is -0.141. The molecule has 112 valence electrons. The summed E-state index contributed by atoms with van der Waals surface area (Å²) in [5, 5.41) is 8.73. The number of anilines is 1. The van der Waals surface area contributed by atoms with E-state index < -0.39 is 5.82 Å². The quantitative estimate of drug-likeness (QED) is 0.785. The van der Waals surface area contributed by atoms with Gasteiger partial charge in [-0.2, -0.15) is 5.26 Å². The maximum absolute atomic E-state index is 13.6. The van der Waals surface area contributed by atoms with Crippen molar-refractivity contribution in [1.29, 1.82) is 5.26 Å². The van der Waals surface area contributed by atoms with Gasteiger partial charge in [-0.25, -0.2) is 4.39 Å². The molecule has 0 unspecified atom stereocenters. The Hall–Kier alpha value is -2.13. The summed E-state index contributed by atoms with van der Waals surface area (Å²) in [5.74, 6) is -0.685. The van der Waals surface area contributed by atoms with E-state index in [0.29, 0.717) is 13.0 Å². The number of carbonyl (C=O) groups excluding carboxylic acids is 1. The first-order valence-electron chi connectivity index (χ1n) is 6.88. The van der Waals surface area contributed by atoms with Crippen LogP contribution in [0.4, 0.5) is 10.1 Å². The molecule has 2 rings (SSSR count). The Labute approximate surface area is 123 Å². The number of nitrogens with zero attached hydrogens (tertiary/aromatic N) is 3. The highest BCUT2D eigenvalue weighted by molar-refractivity contribution is 5.69. The van der Waals surface area contributed by atoms with Gasteiger partial charge in [-0.15, -0.1) is 0 Å². The van der Waals surface area contributed by atoms with Crippen LogP contribution in [-0.4, -0.2) is 50.7 Å². The molecule has 1 aromatic rings. The van der Waals surface area contributed by atoms with Crippen molar-refractivity contribution in [1.82, 2.24) is 4.90 Å². The Bertz CT molecular complexity index is 548. The fourth-order valence-corrected chi connectivity index (χ4v) is 2.37. The minimum absolute atomic E-state index is 0.0652. The van der Waals surface area contributed by atoms with E-state index in [9.17, 15) is 9.18 Å². The molecule has 0 spiro atoms. The minimum Gasteiger partial charge on any atom is -0.469 e. The summed E-state index contributed by atoms with van der Waals surface area (Å²) < 4.78 is 18.2. The van der Waals surface area contributed by atoms with E-state index in [1.54, 1.807) is 6.07 Å². The third kappa shape index (κ3) is 3.92. The fraction of sp³-hybridized carbons (Fsp3) is 0.467. The zero-order valence-electron chi connectivity index (χ0n) is 12.0. The van der Waals surface area contributed by atoms with E-state index in [1.807, 2.05) is 6.07 Å². The van der Waals surface area contributed by atoms with Crippen LogP contribution in [-0.2, 0) is 9.53 Å². The summed E-state index contributed by atoms with van der Waals surface area (Å²) in [4.78, 5) is 15.4. The fourth-order valence-electron chi connectivity index (χ4n) is 2.37. The van der Waals surface area contributed by atoms with Gasteiger partial charge < -0.3 is 9.64 Å². The maximum atomic E-state index is 13.6. The van der Waals surface area contributed by atoms with Gasteiger partial charge in [-0.3, -0.25) is 9.69 Å². The SMILES string of the molecule is COC(=O)CCN1CCN(c2ccc(C#N)c(F)c2)CC1. The summed E-state index contributed by atoms with van der Waals surface area (Å²) in [6.45, 7) is 3.86. The molecule has 0 atom stereocenters. The molecule has 1 aliphatic rings. The molecule has 1 fully saturated rings. The summed E-state index contributed by atoms with van der Waals surface area (Å²) in [6, 6.07) is 6.50. The van der Waals surface area contributed by atoms with Gasteiger partial charge in [-0.05, 0) is 18.2 Å². The van der Waals surface area contributed by atoms with Crippen LogP contribution in [0.15, 0.2) is 18.2 Å². The first-order valence-corrected chi connectivity index (χ1v) is 6.88. The second-order valence-electron chi connectivity index (χ2n) is 4.93. The summed E-state index contributed by atoms with van der Waals surface area (Å²) in [6.07, 6.45) is 0.391. The van der Waals surface area contributed by atoms with Gasteiger partial charge in [0.15, 0.2) is 0 Å².